The van der Waals surface area contributed by atoms with Crippen LogP contribution in [0, 0.1) is 13.8 Å². The highest BCUT2D eigenvalue weighted by molar-refractivity contribution is 5.96. The van der Waals surface area contributed by atoms with Crippen molar-refractivity contribution in [1.29, 1.82) is 0 Å². The average molecular weight is 283 g/mol. The predicted octanol–water partition coefficient (Wildman–Crippen LogP) is 2.14. The number of para-hydroxylation sites is 1. The molecule has 0 atom stereocenters. The maximum Gasteiger partial charge on any atom is 0.255 e. The van der Waals surface area contributed by atoms with Crippen LogP contribution in [0.4, 0.5) is 0 Å². The Kier molecular flexibility index (Phi) is 3.80. The third kappa shape index (κ3) is 2.59. The number of carbonyl (C=O) groups excluding carboxylic acids is 1. The lowest BCUT2D eigenvalue weighted by Gasteiger charge is -2.27. The first kappa shape index (κ1) is 13.9. The zero-order valence-corrected chi connectivity index (χ0v) is 12.6. The fraction of sp³-hybridized carbons (Fsp3) is 0.353. The second-order valence-electron chi connectivity index (χ2n) is 5.50. The normalized spacial score (nSPS) is 15.2. The Morgan fingerprint density at radius 2 is 1.76 bits per heavy atom. The third-order valence-corrected chi connectivity index (χ3v) is 4.08. The average Bonchev–Trinajstić information content (AvgIpc) is 2.83. The van der Waals surface area contributed by atoms with Gasteiger partial charge in [0.1, 0.15) is 0 Å². The van der Waals surface area contributed by atoms with Gasteiger partial charge in [-0.1, -0.05) is 18.2 Å². The molecule has 0 unspecified atom stereocenters. The molecule has 0 saturated carbocycles. The Morgan fingerprint density at radius 3 is 2.43 bits per heavy atom. The van der Waals surface area contributed by atoms with Crippen LogP contribution in [0.1, 0.15) is 21.7 Å². The summed E-state index contributed by atoms with van der Waals surface area (Å²) in [7, 11) is 0. The molecular weight excluding hydrogens is 262 g/mol. The van der Waals surface area contributed by atoms with E-state index in [2.05, 4.69) is 28.9 Å². The molecule has 110 valence electrons. The van der Waals surface area contributed by atoms with E-state index < -0.39 is 0 Å². The van der Waals surface area contributed by atoms with E-state index in [4.69, 9.17) is 0 Å². The highest BCUT2D eigenvalue weighted by atomic mass is 16.2. The number of benzene rings is 1. The fourth-order valence-electron chi connectivity index (χ4n) is 2.99. The lowest BCUT2D eigenvalue weighted by Crippen LogP contribution is -2.46. The molecule has 1 saturated heterocycles. The summed E-state index contributed by atoms with van der Waals surface area (Å²) in [6, 6.07) is 12.2. The van der Waals surface area contributed by atoms with Gasteiger partial charge in [-0.25, -0.2) is 0 Å². The number of aromatic nitrogens is 1. The summed E-state index contributed by atoms with van der Waals surface area (Å²) in [5, 5.41) is 3.28. The van der Waals surface area contributed by atoms with E-state index in [1.165, 1.54) is 0 Å². The van der Waals surface area contributed by atoms with Gasteiger partial charge in [0.15, 0.2) is 0 Å². The van der Waals surface area contributed by atoms with Crippen molar-refractivity contribution in [3.8, 4) is 5.69 Å². The molecule has 1 N–H and O–H groups in total. The smallest absolute Gasteiger partial charge is 0.255 e. The largest absolute Gasteiger partial charge is 0.336 e. The Hall–Kier alpha value is -2.07. The number of nitrogens with one attached hydrogen (secondary N) is 1. The van der Waals surface area contributed by atoms with Crippen LogP contribution in [-0.2, 0) is 0 Å². The molecule has 1 aliphatic rings. The maximum absolute atomic E-state index is 12.7. The molecule has 0 aliphatic carbocycles. The highest BCUT2D eigenvalue weighted by Gasteiger charge is 2.22. The molecule has 4 heteroatoms. The van der Waals surface area contributed by atoms with Gasteiger partial charge in [-0.3, -0.25) is 4.79 Å². The number of nitrogens with zero attached hydrogens (tertiary/aromatic N) is 2. The summed E-state index contributed by atoms with van der Waals surface area (Å²) in [4.78, 5) is 14.6. The zero-order chi connectivity index (χ0) is 14.8. The molecule has 1 aromatic heterocycles. The van der Waals surface area contributed by atoms with E-state index in [9.17, 15) is 4.79 Å². The van der Waals surface area contributed by atoms with Crippen molar-refractivity contribution < 1.29 is 4.79 Å². The fourth-order valence-corrected chi connectivity index (χ4v) is 2.99. The monoisotopic (exact) mass is 283 g/mol. The van der Waals surface area contributed by atoms with Crippen LogP contribution in [0.25, 0.3) is 5.69 Å². The van der Waals surface area contributed by atoms with E-state index in [0.717, 1.165) is 48.8 Å². The molecule has 21 heavy (non-hydrogen) atoms. The van der Waals surface area contributed by atoms with Crippen LogP contribution in [0.2, 0.25) is 0 Å². The molecule has 1 fully saturated rings. The number of rotatable bonds is 2. The minimum atomic E-state index is 0.145. The summed E-state index contributed by atoms with van der Waals surface area (Å²) in [6.45, 7) is 7.40. The quantitative estimate of drug-likeness (QED) is 0.917. The van der Waals surface area contributed by atoms with Crippen molar-refractivity contribution >= 4 is 5.91 Å². The van der Waals surface area contributed by atoms with Crippen LogP contribution in [0.15, 0.2) is 36.4 Å². The standard InChI is InChI=1S/C17H21N3O/c1-13-12-16(17(21)19-10-8-18-9-11-19)14(2)20(13)15-6-4-3-5-7-15/h3-7,12,18H,8-11H2,1-2H3. The van der Waals surface area contributed by atoms with Crippen LogP contribution in [-0.4, -0.2) is 41.6 Å². The van der Waals surface area contributed by atoms with Crippen molar-refractivity contribution in [2.75, 3.05) is 26.2 Å². The van der Waals surface area contributed by atoms with E-state index in [1.807, 2.05) is 36.1 Å². The van der Waals surface area contributed by atoms with Gasteiger partial charge >= 0.3 is 0 Å². The molecule has 0 bridgehead atoms. The summed E-state index contributed by atoms with van der Waals surface area (Å²) >= 11 is 0. The van der Waals surface area contributed by atoms with Gasteiger partial charge in [0.2, 0.25) is 0 Å². The number of carbonyl (C=O) groups is 1. The van der Waals surface area contributed by atoms with Crippen LogP contribution in [0.3, 0.4) is 0 Å². The first-order valence-electron chi connectivity index (χ1n) is 7.43. The molecule has 1 amide bonds. The molecule has 0 spiro atoms. The van der Waals surface area contributed by atoms with Gasteiger partial charge in [0.25, 0.3) is 5.91 Å². The van der Waals surface area contributed by atoms with Crippen LogP contribution >= 0.6 is 0 Å². The van der Waals surface area contributed by atoms with Gasteiger partial charge < -0.3 is 14.8 Å². The van der Waals surface area contributed by atoms with E-state index in [-0.39, 0.29) is 5.91 Å². The Balaban J connectivity index is 1.96. The number of amides is 1. The first-order valence-corrected chi connectivity index (χ1v) is 7.43. The second kappa shape index (κ2) is 5.74. The molecule has 3 rings (SSSR count). The first-order chi connectivity index (χ1) is 10.2. The van der Waals surface area contributed by atoms with Gasteiger partial charge in [-0.2, -0.15) is 0 Å². The van der Waals surface area contributed by atoms with E-state index >= 15 is 0 Å². The predicted molar refractivity (Wildman–Crippen MR) is 84.0 cm³/mol. The highest BCUT2D eigenvalue weighted by Crippen LogP contribution is 2.22. The second-order valence-corrected chi connectivity index (χ2v) is 5.50. The van der Waals surface area contributed by atoms with Crippen molar-refractivity contribution in [3.05, 3.63) is 53.3 Å². The molecule has 2 aromatic rings. The molecule has 2 heterocycles. The minimum absolute atomic E-state index is 0.145. The Bertz CT molecular complexity index is 640. The van der Waals surface area contributed by atoms with Crippen LogP contribution in [0.5, 0.6) is 0 Å². The van der Waals surface area contributed by atoms with Gasteiger partial charge in [0.05, 0.1) is 5.56 Å². The Labute approximate surface area is 125 Å². The zero-order valence-electron chi connectivity index (χ0n) is 12.6. The molecular formula is C17H21N3O. The van der Waals surface area contributed by atoms with Crippen molar-refractivity contribution in [1.82, 2.24) is 14.8 Å². The third-order valence-electron chi connectivity index (χ3n) is 4.08. The van der Waals surface area contributed by atoms with Crippen molar-refractivity contribution in [3.63, 3.8) is 0 Å². The molecule has 0 radical (unpaired) electrons. The summed E-state index contributed by atoms with van der Waals surface area (Å²) in [5.74, 6) is 0.145. The van der Waals surface area contributed by atoms with Gasteiger partial charge in [-0.15, -0.1) is 0 Å². The SMILES string of the molecule is Cc1cc(C(=O)N2CCNCC2)c(C)n1-c1ccccc1. The van der Waals surface area contributed by atoms with E-state index in [0.29, 0.717) is 0 Å². The number of hydrogen-bond donors (Lipinski definition) is 1. The van der Waals surface area contributed by atoms with Gasteiger partial charge in [-0.05, 0) is 32.0 Å². The summed E-state index contributed by atoms with van der Waals surface area (Å²) in [5.41, 5.74) is 4.03. The summed E-state index contributed by atoms with van der Waals surface area (Å²) in [6.07, 6.45) is 0. The van der Waals surface area contributed by atoms with Crippen LogP contribution < -0.4 is 5.32 Å². The topological polar surface area (TPSA) is 37.3 Å². The van der Waals surface area contributed by atoms with E-state index in [1.54, 1.807) is 0 Å². The number of aryl methyl sites for hydroxylation is 1. The molecule has 4 nitrogen and oxygen atoms in total. The lowest BCUT2D eigenvalue weighted by molar-refractivity contribution is 0.0735. The minimum Gasteiger partial charge on any atom is -0.336 e. The molecule has 1 aromatic carbocycles. The molecule has 1 aliphatic heterocycles. The van der Waals surface area contributed by atoms with Gasteiger partial charge in [0, 0.05) is 43.3 Å². The Morgan fingerprint density at radius 1 is 1.10 bits per heavy atom. The lowest BCUT2D eigenvalue weighted by atomic mass is 10.2. The van der Waals surface area contributed by atoms with Crippen molar-refractivity contribution in [2.24, 2.45) is 0 Å². The maximum atomic E-state index is 12.7. The van der Waals surface area contributed by atoms with Crippen molar-refractivity contribution in [2.45, 2.75) is 13.8 Å². The summed E-state index contributed by atoms with van der Waals surface area (Å²) < 4.78 is 2.15. The number of piperazine rings is 1. The number of hydrogen-bond acceptors (Lipinski definition) is 2.